The molecule has 0 aliphatic carbocycles. The fourth-order valence-electron chi connectivity index (χ4n) is 3.19. The highest BCUT2D eigenvalue weighted by Gasteiger charge is 2.26. The number of rotatable bonds is 5. The van der Waals surface area contributed by atoms with E-state index in [9.17, 15) is 0 Å². The maximum absolute atomic E-state index is 5.37. The van der Waals surface area contributed by atoms with E-state index < -0.39 is 0 Å². The number of piperazine rings is 1. The Kier molecular flexibility index (Phi) is 4.37. The zero-order chi connectivity index (χ0) is 17.2. The average molecular weight is 342 g/mol. The third kappa shape index (κ3) is 3.22. The van der Waals surface area contributed by atoms with Gasteiger partial charge >= 0.3 is 0 Å². The molecule has 3 heterocycles. The van der Waals surface area contributed by atoms with Crippen molar-refractivity contribution < 1.29 is 9.26 Å². The first-order valence-electron chi connectivity index (χ1n) is 8.50. The first-order chi connectivity index (χ1) is 12.2. The molecule has 1 aromatic carbocycles. The SMILES string of the molecule is COCc1noc([C@@H](C)N2CCN(c3nc4ccccc4[nH]3)CC2)n1. The third-order valence-electron chi connectivity index (χ3n) is 4.65. The Hall–Kier alpha value is -2.45. The first kappa shape index (κ1) is 16.0. The van der Waals surface area contributed by atoms with Crippen LogP contribution in [0.15, 0.2) is 28.8 Å². The highest BCUT2D eigenvalue weighted by Crippen LogP contribution is 2.23. The highest BCUT2D eigenvalue weighted by molar-refractivity contribution is 5.77. The van der Waals surface area contributed by atoms with Crippen molar-refractivity contribution in [2.75, 3.05) is 38.2 Å². The molecule has 1 atom stereocenters. The first-order valence-corrected chi connectivity index (χ1v) is 8.50. The molecule has 3 aromatic rings. The van der Waals surface area contributed by atoms with Crippen LogP contribution in [0.25, 0.3) is 11.0 Å². The van der Waals surface area contributed by atoms with E-state index >= 15 is 0 Å². The Labute approximate surface area is 145 Å². The molecule has 1 saturated heterocycles. The highest BCUT2D eigenvalue weighted by atomic mass is 16.5. The second-order valence-corrected chi connectivity index (χ2v) is 6.26. The molecule has 0 spiro atoms. The molecule has 8 nitrogen and oxygen atoms in total. The Morgan fingerprint density at radius 3 is 2.76 bits per heavy atom. The number of imidazole rings is 1. The van der Waals surface area contributed by atoms with Crippen molar-refractivity contribution in [2.24, 2.45) is 0 Å². The van der Waals surface area contributed by atoms with Crippen LogP contribution in [0.3, 0.4) is 0 Å². The quantitative estimate of drug-likeness (QED) is 0.759. The van der Waals surface area contributed by atoms with E-state index in [1.54, 1.807) is 7.11 Å². The molecule has 0 unspecified atom stereocenters. The Balaban J connectivity index is 1.40. The molecule has 1 aliphatic rings. The molecular weight excluding hydrogens is 320 g/mol. The monoisotopic (exact) mass is 342 g/mol. The van der Waals surface area contributed by atoms with Crippen LogP contribution < -0.4 is 4.90 Å². The van der Waals surface area contributed by atoms with Crippen LogP contribution >= 0.6 is 0 Å². The summed E-state index contributed by atoms with van der Waals surface area (Å²) >= 11 is 0. The molecule has 0 bridgehead atoms. The number of para-hydroxylation sites is 2. The normalized spacial score (nSPS) is 17.3. The van der Waals surface area contributed by atoms with Crippen LogP contribution in [-0.4, -0.2) is 58.3 Å². The topological polar surface area (TPSA) is 83.3 Å². The number of hydrogen-bond acceptors (Lipinski definition) is 7. The van der Waals surface area contributed by atoms with Gasteiger partial charge in [-0.1, -0.05) is 17.3 Å². The van der Waals surface area contributed by atoms with Crippen molar-refractivity contribution in [2.45, 2.75) is 19.6 Å². The Bertz CT molecular complexity index is 803. The van der Waals surface area contributed by atoms with Gasteiger partial charge in [0.05, 0.1) is 17.1 Å². The number of benzene rings is 1. The smallest absolute Gasteiger partial charge is 0.243 e. The summed E-state index contributed by atoms with van der Waals surface area (Å²) in [5.74, 6) is 2.17. The minimum absolute atomic E-state index is 0.0935. The summed E-state index contributed by atoms with van der Waals surface area (Å²) in [5.41, 5.74) is 2.08. The van der Waals surface area contributed by atoms with Crippen LogP contribution in [0, 0.1) is 0 Å². The number of aromatic nitrogens is 4. The lowest BCUT2D eigenvalue weighted by Crippen LogP contribution is -2.47. The molecule has 1 aliphatic heterocycles. The zero-order valence-electron chi connectivity index (χ0n) is 14.5. The zero-order valence-corrected chi connectivity index (χ0v) is 14.5. The lowest BCUT2D eigenvalue weighted by molar-refractivity contribution is 0.162. The maximum atomic E-state index is 5.37. The summed E-state index contributed by atoms with van der Waals surface area (Å²) < 4.78 is 10.4. The van der Waals surface area contributed by atoms with Gasteiger partial charge in [-0.05, 0) is 19.1 Å². The minimum Gasteiger partial charge on any atom is -0.377 e. The largest absolute Gasteiger partial charge is 0.377 e. The maximum Gasteiger partial charge on any atom is 0.243 e. The molecular formula is C17H22N6O2. The molecule has 1 fully saturated rings. The van der Waals surface area contributed by atoms with E-state index in [0.29, 0.717) is 18.3 Å². The number of fused-ring (bicyclic) bond motifs is 1. The van der Waals surface area contributed by atoms with Crippen molar-refractivity contribution in [3.05, 3.63) is 36.0 Å². The van der Waals surface area contributed by atoms with Crippen LogP contribution in [-0.2, 0) is 11.3 Å². The lowest BCUT2D eigenvalue weighted by atomic mass is 10.2. The van der Waals surface area contributed by atoms with Crippen LogP contribution in [0.4, 0.5) is 5.95 Å². The number of nitrogens with one attached hydrogen (secondary N) is 1. The third-order valence-corrected chi connectivity index (χ3v) is 4.65. The average Bonchev–Trinajstić information content (AvgIpc) is 3.28. The number of H-pyrrole nitrogens is 1. The van der Waals surface area contributed by atoms with Gasteiger partial charge in [-0.2, -0.15) is 4.98 Å². The number of nitrogens with zero attached hydrogens (tertiary/aromatic N) is 5. The summed E-state index contributed by atoms with van der Waals surface area (Å²) in [4.78, 5) is 17.1. The summed E-state index contributed by atoms with van der Waals surface area (Å²) in [6.07, 6.45) is 0. The van der Waals surface area contributed by atoms with Gasteiger partial charge < -0.3 is 19.1 Å². The lowest BCUT2D eigenvalue weighted by Gasteiger charge is -2.36. The van der Waals surface area contributed by atoms with E-state index in [4.69, 9.17) is 9.26 Å². The molecule has 132 valence electrons. The molecule has 8 heteroatoms. The summed E-state index contributed by atoms with van der Waals surface area (Å²) in [6.45, 7) is 6.11. The predicted octanol–water partition coefficient (Wildman–Crippen LogP) is 1.98. The molecule has 2 aromatic heterocycles. The van der Waals surface area contributed by atoms with Crippen molar-refractivity contribution >= 4 is 17.0 Å². The van der Waals surface area contributed by atoms with Crippen molar-refractivity contribution in [3.8, 4) is 0 Å². The molecule has 25 heavy (non-hydrogen) atoms. The van der Waals surface area contributed by atoms with Gasteiger partial charge in [0.2, 0.25) is 11.8 Å². The molecule has 0 amide bonds. The minimum atomic E-state index is 0.0935. The Morgan fingerprint density at radius 1 is 1.20 bits per heavy atom. The van der Waals surface area contributed by atoms with Crippen molar-refractivity contribution in [1.29, 1.82) is 0 Å². The number of methoxy groups -OCH3 is 1. The fourth-order valence-corrected chi connectivity index (χ4v) is 3.19. The van der Waals surface area contributed by atoms with Crippen molar-refractivity contribution in [3.63, 3.8) is 0 Å². The van der Waals surface area contributed by atoms with E-state index in [0.717, 1.165) is 43.2 Å². The second-order valence-electron chi connectivity index (χ2n) is 6.26. The van der Waals surface area contributed by atoms with E-state index in [2.05, 4.69) is 42.9 Å². The molecule has 0 saturated carbocycles. The standard InChI is InChI=1S/C17H22N6O2/c1-12(16-20-15(11-24-2)21-25-16)22-7-9-23(10-8-22)17-18-13-5-3-4-6-14(13)19-17/h3-6,12H,7-11H2,1-2H3,(H,18,19)/t12-/m1/s1. The summed E-state index contributed by atoms with van der Waals surface area (Å²) in [7, 11) is 1.62. The predicted molar refractivity (Wildman–Crippen MR) is 93.3 cm³/mol. The Morgan fingerprint density at radius 2 is 2.00 bits per heavy atom. The van der Waals surface area contributed by atoms with Crippen molar-refractivity contribution in [1.82, 2.24) is 25.0 Å². The molecule has 1 N–H and O–H groups in total. The number of aromatic amines is 1. The van der Waals surface area contributed by atoms with E-state index in [1.165, 1.54) is 0 Å². The summed E-state index contributed by atoms with van der Waals surface area (Å²) in [6, 6.07) is 8.20. The van der Waals surface area contributed by atoms with Gasteiger partial charge in [0.25, 0.3) is 0 Å². The van der Waals surface area contributed by atoms with Gasteiger partial charge in [0, 0.05) is 33.3 Å². The van der Waals surface area contributed by atoms with Crippen LogP contribution in [0.5, 0.6) is 0 Å². The number of anilines is 1. The van der Waals surface area contributed by atoms with E-state index in [1.807, 2.05) is 18.2 Å². The number of hydrogen-bond donors (Lipinski definition) is 1. The number of ether oxygens (including phenoxy) is 1. The fraction of sp³-hybridized carbons (Fsp3) is 0.471. The van der Waals surface area contributed by atoms with E-state index in [-0.39, 0.29) is 6.04 Å². The van der Waals surface area contributed by atoms with Gasteiger partial charge in [-0.15, -0.1) is 0 Å². The van der Waals surface area contributed by atoms with Gasteiger partial charge in [-0.25, -0.2) is 4.98 Å². The molecule has 4 rings (SSSR count). The van der Waals surface area contributed by atoms with Gasteiger partial charge in [0.15, 0.2) is 5.82 Å². The second kappa shape index (κ2) is 6.81. The van der Waals surface area contributed by atoms with Gasteiger partial charge in [-0.3, -0.25) is 4.90 Å². The van der Waals surface area contributed by atoms with Crippen LogP contribution in [0.1, 0.15) is 24.7 Å². The molecule has 0 radical (unpaired) electrons. The summed E-state index contributed by atoms with van der Waals surface area (Å²) in [5, 5.41) is 3.95. The van der Waals surface area contributed by atoms with Gasteiger partial charge in [0.1, 0.15) is 6.61 Å². The van der Waals surface area contributed by atoms with Crippen LogP contribution in [0.2, 0.25) is 0 Å².